The minimum Gasteiger partial charge on any atom is -0.159 e. The zero-order valence-electron chi connectivity index (χ0n) is 14.9. The number of hydrogen-bond acceptors (Lipinski definition) is 0. The largest absolute Gasteiger partial charge is 0.226 e. The fourth-order valence-electron chi connectivity index (χ4n) is 3.83. The fourth-order valence-corrected chi connectivity index (χ4v) is 4.36. The van der Waals surface area contributed by atoms with Gasteiger partial charge in [-0.1, -0.05) is 62.2 Å². The average Bonchev–Trinajstić information content (AvgIpc) is 2.74. The Balaban J connectivity index is 2.00. The highest BCUT2D eigenvalue weighted by Crippen LogP contribution is 2.37. The van der Waals surface area contributed by atoms with E-state index in [0.29, 0.717) is 0 Å². The Kier molecular flexibility index (Phi) is 4.50. The smallest absolute Gasteiger partial charge is 0.159 e. The standard InChI is InChI=1S/C25H16Br2N/c26-19-12-8-17(9-13-19)24-22-6-2-1-5-21(22)23-7-3-4-16-28(23)25(24)18-10-14-20(27)15-11-18/h1-16H/q+1. The van der Waals surface area contributed by atoms with Crippen molar-refractivity contribution in [2.45, 2.75) is 0 Å². The van der Waals surface area contributed by atoms with E-state index in [1.807, 2.05) is 0 Å². The van der Waals surface area contributed by atoms with Gasteiger partial charge >= 0.3 is 0 Å². The Labute approximate surface area is 180 Å². The second-order valence-electron chi connectivity index (χ2n) is 6.74. The highest BCUT2D eigenvalue weighted by atomic mass is 79.9. The first-order chi connectivity index (χ1) is 13.7. The molecule has 0 bridgehead atoms. The van der Waals surface area contributed by atoms with Crippen LogP contribution in [0.1, 0.15) is 0 Å². The molecule has 0 atom stereocenters. The van der Waals surface area contributed by atoms with Crippen LogP contribution in [0.3, 0.4) is 0 Å². The molecule has 1 nitrogen and oxygen atoms in total. The van der Waals surface area contributed by atoms with Gasteiger partial charge in [0.2, 0.25) is 11.2 Å². The van der Waals surface area contributed by atoms with Crippen LogP contribution < -0.4 is 4.40 Å². The van der Waals surface area contributed by atoms with Crippen LogP contribution in [0.2, 0.25) is 0 Å². The number of nitrogens with zero attached hydrogens (tertiary/aromatic N) is 1. The lowest BCUT2D eigenvalue weighted by Gasteiger charge is -2.12. The summed E-state index contributed by atoms with van der Waals surface area (Å²) in [6, 6.07) is 32.2. The lowest BCUT2D eigenvalue weighted by atomic mass is 9.93. The summed E-state index contributed by atoms with van der Waals surface area (Å²) in [7, 11) is 0. The van der Waals surface area contributed by atoms with Crippen LogP contribution >= 0.6 is 31.9 Å². The molecule has 3 heteroatoms. The summed E-state index contributed by atoms with van der Waals surface area (Å²) >= 11 is 7.14. The van der Waals surface area contributed by atoms with Gasteiger partial charge in [0.1, 0.15) is 0 Å². The predicted octanol–water partition coefficient (Wildman–Crippen LogP) is 7.44. The van der Waals surface area contributed by atoms with E-state index in [9.17, 15) is 0 Å². The molecule has 0 fully saturated rings. The van der Waals surface area contributed by atoms with Gasteiger partial charge in [-0.3, -0.25) is 0 Å². The monoisotopic (exact) mass is 488 g/mol. The minimum atomic E-state index is 1.08. The average molecular weight is 490 g/mol. The fraction of sp³-hybridized carbons (Fsp3) is 0. The summed E-state index contributed by atoms with van der Waals surface area (Å²) in [5.74, 6) is 0. The van der Waals surface area contributed by atoms with Crippen molar-refractivity contribution >= 4 is 48.1 Å². The first kappa shape index (κ1) is 17.6. The van der Waals surface area contributed by atoms with Crippen LogP contribution in [0, 0.1) is 0 Å². The van der Waals surface area contributed by atoms with E-state index < -0.39 is 0 Å². The Hall–Kier alpha value is -2.49. The van der Waals surface area contributed by atoms with E-state index in [-0.39, 0.29) is 0 Å². The van der Waals surface area contributed by atoms with E-state index in [2.05, 4.69) is 133 Å². The predicted molar refractivity (Wildman–Crippen MR) is 123 cm³/mol. The molecule has 0 radical (unpaired) electrons. The lowest BCUT2D eigenvalue weighted by Crippen LogP contribution is -2.25. The van der Waals surface area contributed by atoms with E-state index >= 15 is 0 Å². The molecule has 0 spiro atoms. The van der Waals surface area contributed by atoms with Crippen LogP contribution in [0.5, 0.6) is 0 Å². The van der Waals surface area contributed by atoms with Crippen LogP contribution in [0.25, 0.3) is 38.7 Å². The third-order valence-corrected chi connectivity index (χ3v) is 6.12. The van der Waals surface area contributed by atoms with Crippen molar-refractivity contribution < 1.29 is 4.40 Å². The summed E-state index contributed by atoms with van der Waals surface area (Å²) in [5.41, 5.74) is 6.04. The molecular formula is C25H16Br2N+. The molecule has 0 N–H and O–H groups in total. The first-order valence-electron chi connectivity index (χ1n) is 9.09. The van der Waals surface area contributed by atoms with E-state index in [1.54, 1.807) is 0 Å². The Bertz CT molecular complexity index is 1200. The summed E-state index contributed by atoms with van der Waals surface area (Å²) in [6.45, 7) is 0. The maximum absolute atomic E-state index is 3.57. The van der Waals surface area contributed by atoms with E-state index in [1.165, 1.54) is 38.7 Å². The normalized spacial score (nSPS) is 11.2. The van der Waals surface area contributed by atoms with Gasteiger partial charge in [0.15, 0.2) is 6.20 Å². The molecule has 0 saturated carbocycles. The van der Waals surface area contributed by atoms with Crippen molar-refractivity contribution in [1.82, 2.24) is 0 Å². The zero-order valence-corrected chi connectivity index (χ0v) is 18.1. The number of benzene rings is 3. The molecular weight excluding hydrogens is 474 g/mol. The van der Waals surface area contributed by atoms with Crippen molar-refractivity contribution in [2.24, 2.45) is 0 Å². The van der Waals surface area contributed by atoms with Crippen molar-refractivity contribution in [3.63, 3.8) is 0 Å². The van der Waals surface area contributed by atoms with Gasteiger partial charge in [0.05, 0.1) is 10.9 Å². The third kappa shape index (κ3) is 2.95. The molecule has 0 amide bonds. The summed E-state index contributed by atoms with van der Waals surface area (Å²) in [6.07, 6.45) is 2.15. The molecule has 134 valence electrons. The molecule has 28 heavy (non-hydrogen) atoms. The van der Waals surface area contributed by atoms with E-state index in [4.69, 9.17) is 0 Å². The second kappa shape index (κ2) is 7.16. The summed E-state index contributed by atoms with van der Waals surface area (Å²) < 4.78 is 4.47. The maximum Gasteiger partial charge on any atom is 0.226 e. The van der Waals surface area contributed by atoms with Crippen LogP contribution in [0.4, 0.5) is 0 Å². The highest BCUT2D eigenvalue weighted by molar-refractivity contribution is 9.10. The minimum absolute atomic E-state index is 1.08. The number of pyridine rings is 2. The van der Waals surface area contributed by atoms with Crippen LogP contribution in [-0.2, 0) is 0 Å². The van der Waals surface area contributed by atoms with Gasteiger partial charge in [0.25, 0.3) is 0 Å². The molecule has 0 aliphatic heterocycles. The maximum atomic E-state index is 3.57. The van der Waals surface area contributed by atoms with Gasteiger partial charge in [0, 0.05) is 32.0 Å². The van der Waals surface area contributed by atoms with Crippen molar-refractivity contribution in [3.05, 3.63) is 106 Å². The zero-order chi connectivity index (χ0) is 19.1. The second-order valence-corrected chi connectivity index (χ2v) is 8.57. The molecule has 5 rings (SSSR count). The van der Waals surface area contributed by atoms with Crippen molar-refractivity contribution in [3.8, 4) is 22.4 Å². The third-order valence-electron chi connectivity index (χ3n) is 5.06. The summed E-state index contributed by atoms with van der Waals surface area (Å²) in [4.78, 5) is 0. The van der Waals surface area contributed by atoms with Gasteiger partial charge in [-0.2, -0.15) is 4.40 Å². The SMILES string of the molecule is Brc1ccc(-c2c(-c3ccc(Br)cc3)[n+]3ccccc3c3ccccc23)cc1. The number of hydrogen-bond donors (Lipinski definition) is 0. The molecule has 0 aliphatic carbocycles. The molecule has 2 heterocycles. The van der Waals surface area contributed by atoms with Gasteiger partial charge in [-0.05, 0) is 54.1 Å². The topological polar surface area (TPSA) is 4.10 Å². The molecule has 0 unspecified atom stereocenters. The molecule has 3 aromatic carbocycles. The molecule has 0 aliphatic rings. The summed E-state index contributed by atoms with van der Waals surface area (Å²) in [5, 5.41) is 2.51. The van der Waals surface area contributed by atoms with Gasteiger partial charge < -0.3 is 0 Å². The van der Waals surface area contributed by atoms with Crippen LogP contribution in [0.15, 0.2) is 106 Å². The lowest BCUT2D eigenvalue weighted by molar-refractivity contribution is -0.497. The van der Waals surface area contributed by atoms with Gasteiger partial charge in [-0.15, -0.1) is 0 Å². The number of rotatable bonds is 2. The number of aromatic nitrogens is 1. The Morgan fingerprint density at radius 3 is 1.79 bits per heavy atom. The van der Waals surface area contributed by atoms with Crippen molar-refractivity contribution in [1.29, 1.82) is 0 Å². The molecule has 0 saturated heterocycles. The Morgan fingerprint density at radius 1 is 0.536 bits per heavy atom. The van der Waals surface area contributed by atoms with Gasteiger partial charge in [-0.25, -0.2) is 0 Å². The van der Waals surface area contributed by atoms with E-state index in [0.717, 1.165) is 8.95 Å². The first-order valence-corrected chi connectivity index (χ1v) is 10.7. The van der Waals surface area contributed by atoms with Crippen LogP contribution in [-0.4, -0.2) is 0 Å². The molecule has 5 aromatic rings. The highest BCUT2D eigenvalue weighted by Gasteiger charge is 2.24. The molecule has 2 aromatic heterocycles. The number of halogens is 2. The quantitative estimate of drug-likeness (QED) is 0.179. The Morgan fingerprint density at radius 2 is 1.11 bits per heavy atom. The van der Waals surface area contributed by atoms with Crippen molar-refractivity contribution in [2.75, 3.05) is 0 Å². The number of fused-ring (bicyclic) bond motifs is 3.